The van der Waals surface area contributed by atoms with Gasteiger partial charge in [-0.1, -0.05) is 6.07 Å². The standard InChI is InChI=1S/C12H16N2O5S/c1-19-7-5-13-20(17,18)14-6-4-9-2-3-10(12(15)16)8-11(9)14/h2-3,8,13H,4-7H2,1H3,(H,15,16). The van der Waals surface area contributed by atoms with E-state index in [1.54, 1.807) is 6.07 Å². The van der Waals surface area contributed by atoms with Gasteiger partial charge in [0.1, 0.15) is 0 Å². The van der Waals surface area contributed by atoms with Gasteiger partial charge >= 0.3 is 16.2 Å². The van der Waals surface area contributed by atoms with Crippen molar-refractivity contribution < 1.29 is 23.1 Å². The van der Waals surface area contributed by atoms with Crippen molar-refractivity contribution in [2.45, 2.75) is 6.42 Å². The summed E-state index contributed by atoms with van der Waals surface area (Å²) in [6.45, 7) is 0.749. The normalized spacial score (nSPS) is 14.3. The number of carboxylic acid groups (broad SMARTS) is 1. The van der Waals surface area contributed by atoms with Crippen LogP contribution in [0.4, 0.5) is 5.69 Å². The van der Waals surface area contributed by atoms with Crippen LogP contribution in [0.15, 0.2) is 18.2 Å². The summed E-state index contributed by atoms with van der Waals surface area (Å²) >= 11 is 0. The highest BCUT2D eigenvalue weighted by atomic mass is 32.2. The summed E-state index contributed by atoms with van der Waals surface area (Å²) in [5.41, 5.74) is 1.32. The third kappa shape index (κ3) is 2.92. The zero-order valence-electron chi connectivity index (χ0n) is 11.0. The highest BCUT2D eigenvalue weighted by molar-refractivity contribution is 7.90. The van der Waals surface area contributed by atoms with Crippen molar-refractivity contribution in [3.05, 3.63) is 29.3 Å². The lowest BCUT2D eigenvalue weighted by atomic mass is 10.1. The Labute approximate surface area is 117 Å². The summed E-state index contributed by atoms with van der Waals surface area (Å²) < 4.78 is 32.7. The van der Waals surface area contributed by atoms with E-state index in [9.17, 15) is 13.2 Å². The van der Waals surface area contributed by atoms with E-state index in [-0.39, 0.29) is 18.7 Å². The summed E-state index contributed by atoms with van der Waals surface area (Å²) in [5, 5.41) is 8.98. The number of nitrogens with one attached hydrogen (secondary N) is 1. The molecule has 0 unspecified atom stereocenters. The summed E-state index contributed by atoms with van der Waals surface area (Å²) in [6, 6.07) is 4.53. The van der Waals surface area contributed by atoms with Gasteiger partial charge in [-0.05, 0) is 24.1 Å². The molecule has 20 heavy (non-hydrogen) atoms. The van der Waals surface area contributed by atoms with Crippen LogP contribution < -0.4 is 9.03 Å². The van der Waals surface area contributed by atoms with Gasteiger partial charge in [-0.15, -0.1) is 0 Å². The van der Waals surface area contributed by atoms with Gasteiger partial charge < -0.3 is 9.84 Å². The molecule has 0 amide bonds. The van der Waals surface area contributed by atoms with Gasteiger partial charge in [-0.3, -0.25) is 4.31 Å². The minimum absolute atomic E-state index is 0.0720. The molecule has 7 nitrogen and oxygen atoms in total. The number of ether oxygens (including phenoxy) is 1. The Morgan fingerprint density at radius 2 is 2.25 bits per heavy atom. The van der Waals surface area contributed by atoms with Crippen LogP contribution in [0, 0.1) is 0 Å². The molecule has 1 aliphatic rings. The molecule has 8 heteroatoms. The highest BCUT2D eigenvalue weighted by Gasteiger charge is 2.29. The smallest absolute Gasteiger partial charge is 0.335 e. The zero-order chi connectivity index (χ0) is 14.8. The number of anilines is 1. The lowest BCUT2D eigenvalue weighted by Crippen LogP contribution is -2.41. The second-order valence-corrected chi connectivity index (χ2v) is 6.04. The Morgan fingerprint density at radius 3 is 2.90 bits per heavy atom. The van der Waals surface area contributed by atoms with E-state index in [0.717, 1.165) is 5.56 Å². The Balaban J connectivity index is 2.26. The predicted molar refractivity (Wildman–Crippen MR) is 73.2 cm³/mol. The number of nitrogens with zero attached hydrogens (tertiary/aromatic N) is 1. The van der Waals surface area contributed by atoms with E-state index in [0.29, 0.717) is 18.7 Å². The monoisotopic (exact) mass is 300 g/mol. The van der Waals surface area contributed by atoms with Crippen LogP contribution in [-0.4, -0.2) is 46.3 Å². The first-order valence-corrected chi connectivity index (χ1v) is 7.52. The summed E-state index contributed by atoms with van der Waals surface area (Å²) in [4.78, 5) is 11.0. The second-order valence-electron chi connectivity index (χ2n) is 4.36. The number of rotatable bonds is 6. The number of fused-ring (bicyclic) bond motifs is 1. The van der Waals surface area contributed by atoms with E-state index in [1.165, 1.54) is 23.5 Å². The van der Waals surface area contributed by atoms with Crippen molar-refractivity contribution in [2.75, 3.05) is 31.1 Å². The quantitative estimate of drug-likeness (QED) is 0.733. The molecule has 0 fully saturated rings. The predicted octanol–water partition coefficient (Wildman–Crippen LogP) is 0.228. The molecular weight excluding hydrogens is 284 g/mol. The lowest BCUT2D eigenvalue weighted by molar-refractivity contribution is 0.0697. The maximum Gasteiger partial charge on any atom is 0.335 e. The van der Waals surface area contributed by atoms with Crippen molar-refractivity contribution in [1.82, 2.24) is 4.72 Å². The summed E-state index contributed by atoms with van der Waals surface area (Å²) in [6.07, 6.45) is 0.570. The summed E-state index contributed by atoms with van der Waals surface area (Å²) in [5.74, 6) is -1.08. The van der Waals surface area contributed by atoms with Gasteiger partial charge in [-0.25, -0.2) is 4.79 Å². The van der Waals surface area contributed by atoms with Gasteiger partial charge in [0.05, 0.1) is 17.9 Å². The first-order valence-electron chi connectivity index (χ1n) is 6.08. The van der Waals surface area contributed by atoms with Crippen LogP contribution in [0.2, 0.25) is 0 Å². The zero-order valence-corrected chi connectivity index (χ0v) is 11.8. The third-order valence-electron chi connectivity index (χ3n) is 3.07. The number of hydrogen-bond donors (Lipinski definition) is 2. The Kier molecular flexibility index (Phi) is 4.26. The number of hydrogen-bond acceptors (Lipinski definition) is 4. The molecule has 1 aromatic rings. The molecule has 0 radical (unpaired) electrons. The first-order chi connectivity index (χ1) is 9.45. The number of benzene rings is 1. The average molecular weight is 300 g/mol. The summed E-state index contributed by atoms with van der Waals surface area (Å²) in [7, 11) is -2.19. The molecule has 110 valence electrons. The van der Waals surface area contributed by atoms with Crippen molar-refractivity contribution in [3.63, 3.8) is 0 Å². The Morgan fingerprint density at radius 1 is 1.50 bits per heavy atom. The molecule has 1 aliphatic heterocycles. The highest BCUT2D eigenvalue weighted by Crippen LogP contribution is 2.30. The maximum atomic E-state index is 12.2. The van der Waals surface area contributed by atoms with Crippen LogP contribution in [0.5, 0.6) is 0 Å². The fraction of sp³-hybridized carbons (Fsp3) is 0.417. The fourth-order valence-corrected chi connectivity index (χ4v) is 3.34. The largest absolute Gasteiger partial charge is 0.478 e. The lowest BCUT2D eigenvalue weighted by Gasteiger charge is -2.20. The van der Waals surface area contributed by atoms with Crippen molar-refractivity contribution >= 4 is 21.9 Å². The van der Waals surface area contributed by atoms with Gasteiger partial charge in [0.25, 0.3) is 0 Å². The van der Waals surface area contributed by atoms with Crippen LogP contribution in [0.1, 0.15) is 15.9 Å². The molecule has 0 saturated carbocycles. The van der Waals surface area contributed by atoms with E-state index in [1.807, 2.05) is 0 Å². The SMILES string of the molecule is COCCNS(=O)(=O)N1CCc2ccc(C(=O)O)cc21. The molecule has 2 rings (SSSR count). The van der Waals surface area contributed by atoms with E-state index in [4.69, 9.17) is 9.84 Å². The molecule has 0 aliphatic carbocycles. The molecule has 1 aromatic carbocycles. The third-order valence-corrected chi connectivity index (χ3v) is 4.59. The van der Waals surface area contributed by atoms with Gasteiger partial charge in [0.15, 0.2) is 0 Å². The fourth-order valence-electron chi connectivity index (χ4n) is 2.08. The molecule has 0 spiro atoms. The molecular formula is C12H16N2O5S. The van der Waals surface area contributed by atoms with E-state index >= 15 is 0 Å². The Bertz CT molecular complexity index is 614. The van der Waals surface area contributed by atoms with Crippen molar-refractivity contribution in [3.8, 4) is 0 Å². The minimum Gasteiger partial charge on any atom is -0.478 e. The molecule has 0 aromatic heterocycles. The van der Waals surface area contributed by atoms with Crippen molar-refractivity contribution in [2.24, 2.45) is 0 Å². The number of methoxy groups -OCH3 is 1. The number of carbonyl (C=O) groups is 1. The molecule has 2 N–H and O–H groups in total. The van der Waals surface area contributed by atoms with E-state index in [2.05, 4.69) is 4.72 Å². The molecule has 0 bridgehead atoms. The topological polar surface area (TPSA) is 95.9 Å². The number of aromatic carboxylic acids is 1. The first kappa shape index (κ1) is 14.8. The van der Waals surface area contributed by atoms with Gasteiger partial charge in [-0.2, -0.15) is 13.1 Å². The Hall–Kier alpha value is -1.64. The average Bonchev–Trinajstić information content (AvgIpc) is 2.82. The minimum atomic E-state index is -3.68. The van der Waals surface area contributed by atoms with Crippen LogP contribution in [0.3, 0.4) is 0 Å². The van der Waals surface area contributed by atoms with E-state index < -0.39 is 16.2 Å². The van der Waals surface area contributed by atoms with Crippen LogP contribution >= 0.6 is 0 Å². The van der Waals surface area contributed by atoms with Crippen molar-refractivity contribution in [1.29, 1.82) is 0 Å². The van der Waals surface area contributed by atoms with Crippen LogP contribution in [-0.2, 0) is 21.4 Å². The van der Waals surface area contributed by atoms with Crippen LogP contribution in [0.25, 0.3) is 0 Å². The van der Waals surface area contributed by atoms with Gasteiger partial charge in [0, 0.05) is 20.2 Å². The van der Waals surface area contributed by atoms with Gasteiger partial charge in [0.2, 0.25) is 0 Å². The molecule has 0 atom stereocenters. The molecule has 1 heterocycles. The molecule has 0 saturated heterocycles. The maximum absolute atomic E-state index is 12.2. The second kappa shape index (κ2) is 5.78. The number of carboxylic acids is 1.